The van der Waals surface area contributed by atoms with Gasteiger partial charge in [-0.1, -0.05) is 237 Å². The summed E-state index contributed by atoms with van der Waals surface area (Å²) in [6.07, 6.45) is 85.6. The number of ether oxygens (including phenoxy) is 3. The van der Waals surface area contributed by atoms with Crippen molar-refractivity contribution >= 4 is 17.9 Å². The van der Waals surface area contributed by atoms with E-state index >= 15 is 0 Å². The second-order valence-corrected chi connectivity index (χ2v) is 18.8. The second-order valence-electron chi connectivity index (χ2n) is 18.8. The van der Waals surface area contributed by atoms with Crippen molar-refractivity contribution in [1.82, 2.24) is 0 Å². The molecule has 6 nitrogen and oxygen atoms in total. The van der Waals surface area contributed by atoms with Crippen LogP contribution in [-0.2, 0) is 28.6 Å². The molecule has 0 amide bonds. The summed E-state index contributed by atoms with van der Waals surface area (Å²) in [5.41, 5.74) is 0. The first-order chi connectivity index (χ1) is 36.0. The molecule has 0 aromatic rings. The lowest BCUT2D eigenvalue weighted by Crippen LogP contribution is -2.30. The van der Waals surface area contributed by atoms with Crippen molar-refractivity contribution < 1.29 is 28.6 Å². The standard InChI is InChI=1S/C67H106O6/c1-4-7-10-13-16-19-22-24-26-28-29-30-31-32-33-34-35-36-37-39-40-42-45-48-51-54-57-60-66(69)72-63-64(62-71-65(68)59-56-53-50-47-44-21-18-15-12-9-6-3)73-67(70)61-58-55-52-49-46-43-41-38-27-25-23-20-17-14-11-8-5-2/h7-8,10-11,15-20,24-27,29-30,32-33,35-36,41,43,49,52,64H,4-6,9,12-14,21-23,28,31,34,37-40,42,44-48,50-51,53-63H2,1-3H3/b10-7-,11-8-,18-15-,19-16-,20-17-,26-24-,27-25-,30-29-,33-32-,36-35-,43-41-,52-49-. The Morgan fingerprint density at radius 1 is 0.288 bits per heavy atom. The average molecular weight is 1010 g/mol. The predicted octanol–water partition coefficient (Wildman–Crippen LogP) is 20.0. The summed E-state index contributed by atoms with van der Waals surface area (Å²) in [4.78, 5) is 38.1. The fraction of sp³-hybridized carbons (Fsp3) is 0.597. The van der Waals surface area contributed by atoms with Gasteiger partial charge in [0, 0.05) is 19.3 Å². The first-order valence-electron chi connectivity index (χ1n) is 29.3. The molecule has 0 rings (SSSR count). The van der Waals surface area contributed by atoms with Crippen molar-refractivity contribution in [3.63, 3.8) is 0 Å². The van der Waals surface area contributed by atoms with E-state index in [0.717, 1.165) is 135 Å². The molecule has 73 heavy (non-hydrogen) atoms. The minimum absolute atomic E-state index is 0.113. The molecular weight excluding hydrogens is 901 g/mol. The number of hydrogen-bond acceptors (Lipinski definition) is 6. The molecule has 0 heterocycles. The number of esters is 3. The molecule has 0 radical (unpaired) electrons. The van der Waals surface area contributed by atoms with Gasteiger partial charge in [-0.2, -0.15) is 0 Å². The van der Waals surface area contributed by atoms with Gasteiger partial charge in [-0.05, 0) is 128 Å². The highest BCUT2D eigenvalue weighted by Gasteiger charge is 2.19. The third-order valence-corrected chi connectivity index (χ3v) is 11.8. The smallest absolute Gasteiger partial charge is 0.306 e. The van der Waals surface area contributed by atoms with Crippen molar-refractivity contribution in [3.05, 3.63) is 146 Å². The molecule has 0 aliphatic heterocycles. The first-order valence-corrected chi connectivity index (χ1v) is 29.3. The highest BCUT2D eigenvalue weighted by Crippen LogP contribution is 2.13. The van der Waals surface area contributed by atoms with Crippen LogP contribution in [0, 0.1) is 0 Å². The Hall–Kier alpha value is -4.71. The van der Waals surface area contributed by atoms with Gasteiger partial charge in [0.25, 0.3) is 0 Å². The molecule has 0 aliphatic carbocycles. The second kappa shape index (κ2) is 59.8. The molecule has 0 fully saturated rings. The van der Waals surface area contributed by atoms with Gasteiger partial charge in [-0.25, -0.2) is 0 Å². The molecule has 1 atom stereocenters. The Labute approximate surface area is 448 Å². The van der Waals surface area contributed by atoms with E-state index in [1.165, 1.54) is 57.8 Å². The summed E-state index contributed by atoms with van der Waals surface area (Å²) in [5, 5.41) is 0. The monoisotopic (exact) mass is 1010 g/mol. The molecule has 6 heteroatoms. The molecular formula is C67H106O6. The topological polar surface area (TPSA) is 78.9 Å². The number of hydrogen-bond donors (Lipinski definition) is 0. The zero-order valence-corrected chi connectivity index (χ0v) is 46.8. The quantitative estimate of drug-likeness (QED) is 0.0261. The summed E-state index contributed by atoms with van der Waals surface area (Å²) < 4.78 is 16.8. The summed E-state index contributed by atoms with van der Waals surface area (Å²) >= 11 is 0. The summed E-state index contributed by atoms with van der Waals surface area (Å²) in [5.74, 6) is -0.996. The number of carbonyl (C=O) groups excluding carboxylic acids is 3. The van der Waals surface area contributed by atoms with E-state index in [0.29, 0.717) is 19.3 Å². The molecule has 0 N–H and O–H groups in total. The van der Waals surface area contributed by atoms with Gasteiger partial charge in [0.2, 0.25) is 0 Å². The summed E-state index contributed by atoms with van der Waals surface area (Å²) in [6, 6.07) is 0. The maximum absolute atomic E-state index is 12.8. The van der Waals surface area contributed by atoms with E-state index in [9.17, 15) is 14.4 Å². The third-order valence-electron chi connectivity index (χ3n) is 11.8. The first kappa shape index (κ1) is 68.3. The van der Waals surface area contributed by atoms with Gasteiger partial charge in [-0.15, -0.1) is 0 Å². The van der Waals surface area contributed by atoms with Gasteiger partial charge in [-0.3, -0.25) is 14.4 Å². The molecule has 0 spiro atoms. The third kappa shape index (κ3) is 58.1. The van der Waals surface area contributed by atoms with E-state index in [1.54, 1.807) is 0 Å². The van der Waals surface area contributed by atoms with Crippen LogP contribution in [0.4, 0.5) is 0 Å². The van der Waals surface area contributed by atoms with E-state index < -0.39 is 6.10 Å². The minimum Gasteiger partial charge on any atom is -0.462 e. The van der Waals surface area contributed by atoms with Crippen LogP contribution >= 0.6 is 0 Å². The number of allylic oxidation sites excluding steroid dienone is 24. The SMILES string of the molecule is CC/C=C\C/C=C\C/C=C\C/C=C\C/C=C\C/C=C\CCCCCCCCCCC(=O)OCC(COC(=O)CCCCCCC/C=C\CCCC)OC(=O)CCC/C=C\C/C=C\C/C=C\C/C=C\C/C=C\CC. The lowest BCUT2D eigenvalue weighted by atomic mass is 10.1. The zero-order chi connectivity index (χ0) is 52.9. The summed E-state index contributed by atoms with van der Waals surface area (Å²) in [6.45, 7) is 6.30. The van der Waals surface area contributed by atoms with Gasteiger partial charge < -0.3 is 14.2 Å². The van der Waals surface area contributed by atoms with Crippen LogP contribution in [0.1, 0.15) is 239 Å². The van der Waals surface area contributed by atoms with Gasteiger partial charge >= 0.3 is 17.9 Å². The Morgan fingerprint density at radius 3 is 0.890 bits per heavy atom. The lowest BCUT2D eigenvalue weighted by Gasteiger charge is -2.18. The fourth-order valence-electron chi connectivity index (χ4n) is 7.46. The van der Waals surface area contributed by atoms with Gasteiger partial charge in [0.1, 0.15) is 13.2 Å². The van der Waals surface area contributed by atoms with Crippen molar-refractivity contribution in [2.24, 2.45) is 0 Å². The van der Waals surface area contributed by atoms with Crippen LogP contribution in [0.2, 0.25) is 0 Å². The van der Waals surface area contributed by atoms with E-state index in [-0.39, 0.29) is 37.5 Å². The van der Waals surface area contributed by atoms with Gasteiger partial charge in [0.15, 0.2) is 6.10 Å². The van der Waals surface area contributed by atoms with E-state index in [4.69, 9.17) is 14.2 Å². The lowest BCUT2D eigenvalue weighted by molar-refractivity contribution is -0.167. The molecule has 0 aromatic carbocycles. The van der Waals surface area contributed by atoms with Crippen molar-refractivity contribution in [3.8, 4) is 0 Å². The Morgan fingerprint density at radius 2 is 0.548 bits per heavy atom. The zero-order valence-electron chi connectivity index (χ0n) is 46.8. The Bertz CT molecular complexity index is 1630. The maximum atomic E-state index is 12.8. The highest BCUT2D eigenvalue weighted by atomic mass is 16.6. The molecule has 1 unspecified atom stereocenters. The van der Waals surface area contributed by atoms with Crippen molar-refractivity contribution in [2.75, 3.05) is 13.2 Å². The van der Waals surface area contributed by atoms with Crippen LogP contribution in [0.3, 0.4) is 0 Å². The van der Waals surface area contributed by atoms with Crippen LogP contribution < -0.4 is 0 Å². The number of carbonyl (C=O) groups is 3. The molecule has 0 saturated carbocycles. The average Bonchev–Trinajstić information content (AvgIpc) is 3.39. The van der Waals surface area contributed by atoms with Gasteiger partial charge in [0.05, 0.1) is 0 Å². The summed E-state index contributed by atoms with van der Waals surface area (Å²) in [7, 11) is 0. The van der Waals surface area contributed by atoms with Crippen LogP contribution in [0.25, 0.3) is 0 Å². The van der Waals surface area contributed by atoms with Crippen molar-refractivity contribution in [2.45, 2.75) is 245 Å². The molecule has 0 aromatic heterocycles. The van der Waals surface area contributed by atoms with Crippen LogP contribution in [0.5, 0.6) is 0 Å². The molecule has 0 aliphatic rings. The van der Waals surface area contributed by atoms with Crippen molar-refractivity contribution in [1.29, 1.82) is 0 Å². The highest BCUT2D eigenvalue weighted by molar-refractivity contribution is 5.71. The van der Waals surface area contributed by atoms with Crippen LogP contribution in [-0.4, -0.2) is 37.2 Å². The van der Waals surface area contributed by atoms with Crippen LogP contribution in [0.15, 0.2) is 146 Å². The molecule has 0 saturated heterocycles. The minimum atomic E-state index is -0.820. The largest absolute Gasteiger partial charge is 0.462 e. The normalized spacial score (nSPS) is 13.2. The maximum Gasteiger partial charge on any atom is 0.306 e. The van der Waals surface area contributed by atoms with E-state index in [2.05, 4.69) is 167 Å². The fourth-order valence-corrected chi connectivity index (χ4v) is 7.46. The molecule has 0 bridgehead atoms. The number of unbranched alkanes of at least 4 members (excludes halogenated alkanes) is 16. The van der Waals surface area contributed by atoms with E-state index in [1.807, 2.05) is 0 Å². The Kier molecular flexibility index (Phi) is 56.0. The number of rotatable bonds is 51. The predicted molar refractivity (Wildman–Crippen MR) is 315 cm³/mol. The Balaban J connectivity index is 4.40. The molecule has 410 valence electrons.